The first-order valence-electron chi connectivity index (χ1n) is 12.7. The summed E-state index contributed by atoms with van der Waals surface area (Å²) in [5, 5.41) is 27.0. The highest BCUT2D eigenvalue weighted by molar-refractivity contribution is 5.97. The zero-order valence-corrected chi connectivity index (χ0v) is 21.7. The minimum absolute atomic E-state index is 0.0723. The van der Waals surface area contributed by atoms with E-state index in [-0.39, 0.29) is 42.9 Å². The fourth-order valence-electron chi connectivity index (χ4n) is 4.25. The van der Waals surface area contributed by atoms with Gasteiger partial charge in [0.15, 0.2) is 0 Å². The number of carbonyl (C=O) groups is 3. The predicted octanol–water partition coefficient (Wildman–Crippen LogP) is 3.30. The molecule has 2 amide bonds. The summed E-state index contributed by atoms with van der Waals surface area (Å²) >= 11 is 0. The van der Waals surface area contributed by atoms with Crippen LogP contribution in [0.5, 0.6) is 5.75 Å². The number of rotatable bonds is 13. The third-order valence-corrected chi connectivity index (χ3v) is 6.28. The van der Waals surface area contributed by atoms with Gasteiger partial charge in [0.2, 0.25) is 5.91 Å². The van der Waals surface area contributed by atoms with Gasteiger partial charge in [-0.3, -0.25) is 14.4 Å². The molecule has 0 heterocycles. The van der Waals surface area contributed by atoms with Crippen molar-refractivity contribution in [1.82, 2.24) is 10.6 Å². The molecule has 3 aromatic carbocycles. The van der Waals surface area contributed by atoms with Crippen molar-refractivity contribution in [1.29, 1.82) is 0 Å². The molecule has 0 bridgehead atoms. The first kappa shape index (κ1) is 29.3. The van der Waals surface area contributed by atoms with Gasteiger partial charge in [0.25, 0.3) is 5.91 Å². The van der Waals surface area contributed by atoms with E-state index >= 15 is 0 Å². The van der Waals surface area contributed by atoms with Crippen LogP contribution < -0.4 is 10.6 Å². The number of nitrogens with one attached hydrogen (secondary N) is 2. The van der Waals surface area contributed by atoms with E-state index in [2.05, 4.69) is 15.4 Å². The number of phenols is 1. The Bertz CT molecular complexity index is 1240. The number of esters is 1. The number of amides is 2. The lowest BCUT2D eigenvalue weighted by Gasteiger charge is -2.28. The van der Waals surface area contributed by atoms with Gasteiger partial charge in [0.1, 0.15) is 11.6 Å². The largest absolute Gasteiger partial charge is 0.507 e. The number of aliphatic hydroxyl groups excluding tert-OH is 1. The Morgan fingerprint density at radius 3 is 2.10 bits per heavy atom. The second kappa shape index (κ2) is 14.6. The SMILES string of the molecule is COC(=O)CCC(=O)N[C@@H](Cc1ccccc1)C[C@H](O)[C@H](Cc1ccccc1)NC(=O)c1cc(F)ccc1O. The third-order valence-electron chi connectivity index (χ3n) is 6.28. The number of halogens is 1. The van der Waals surface area contributed by atoms with E-state index < -0.39 is 35.9 Å². The molecule has 0 fully saturated rings. The van der Waals surface area contributed by atoms with Crippen LogP contribution in [-0.2, 0) is 27.2 Å². The summed E-state index contributed by atoms with van der Waals surface area (Å²) in [5.74, 6) is -2.69. The van der Waals surface area contributed by atoms with Crippen LogP contribution in [-0.4, -0.2) is 53.3 Å². The minimum Gasteiger partial charge on any atom is -0.507 e. The molecule has 0 aliphatic heterocycles. The monoisotopic (exact) mass is 536 g/mol. The number of aliphatic hydroxyl groups is 1. The van der Waals surface area contributed by atoms with Crippen LogP contribution in [0.3, 0.4) is 0 Å². The number of carbonyl (C=O) groups excluding carboxylic acids is 3. The van der Waals surface area contributed by atoms with Crippen molar-refractivity contribution < 1.29 is 33.7 Å². The lowest BCUT2D eigenvalue weighted by atomic mass is 9.93. The van der Waals surface area contributed by atoms with E-state index in [1.165, 1.54) is 7.11 Å². The first-order valence-corrected chi connectivity index (χ1v) is 12.7. The van der Waals surface area contributed by atoms with Crippen LogP contribution in [0.15, 0.2) is 78.9 Å². The summed E-state index contributed by atoms with van der Waals surface area (Å²) in [6, 6.07) is 20.3. The fourth-order valence-corrected chi connectivity index (χ4v) is 4.25. The molecule has 0 saturated carbocycles. The molecular weight excluding hydrogens is 503 g/mol. The minimum atomic E-state index is -1.13. The molecule has 39 heavy (non-hydrogen) atoms. The van der Waals surface area contributed by atoms with Crippen molar-refractivity contribution in [3.63, 3.8) is 0 Å². The van der Waals surface area contributed by atoms with E-state index in [1.807, 2.05) is 60.7 Å². The molecule has 9 heteroatoms. The topological polar surface area (TPSA) is 125 Å². The Kier molecular flexibility index (Phi) is 11.0. The third kappa shape index (κ3) is 9.54. The molecule has 4 N–H and O–H groups in total. The van der Waals surface area contributed by atoms with E-state index in [9.17, 15) is 29.0 Å². The molecule has 0 aliphatic carbocycles. The van der Waals surface area contributed by atoms with Crippen molar-refractivity contribution in [2.75, 3.05) is 7.11 Å². The van der Waals surface area contributed by atoms with Crippen LogP contribution in [0, 0.1) is 5.82 Å². The standard InChI is InChI=1S/C30H33FN2O6/c1-39-29(37)15-14-28(36)32-23(16-20-8-4-2-5-9-20)19-27(35)25(17-21-10-6-3-7-11-21)33-30(38)24-18-22(31)12-13-26(24)34/h2-13,18,23,25,27,34-35H,14-17,19H2,1H3,(H,32,36)(H,33,38)/t23-,25-,27-/m0/s1. The van der Waals surface area contributed by atoms with Gasteiger partial charge >= 0.3 is 5.97 Å². The summed E-state index contributed by atoms with van der Waals surface area (Å²) in [4.78, 5) is 37.1. The summed E-state index contributed by atoms with van der Waals surface area (Å²) < 4.78 is 18.4. The van der Waals surface area contributed by atoms with E-state index in [0.717, 1.165) is 29.3 Å². The predicted molar refractivity (Wildman–Crippen MR) is 143 cm³/mol. The molecule has 8 nitrogen and oxygen atoms in total. The van der Waals surface area contributed by atoms with E-state index in [1.54, 1.807) is 0 Å². The van der Waals surface area contributed by atoms with Gasteiger partial charge in [-0.05, 0) is 48.6 Å². The average molecular weight is 537 g/mol. The van der Waals surface area contributed by atoms with Crippen molar-refractivity contribution in [2.24, 2.45) is 0 Å². The molecule has 0 aromatic heterocycles. The summed E-state index contributed by atoms with van der Waals surface area (Å²) in [7, 11) is 1.25. The number of methoxy groups -OCH3 is 1. The maximum absolute atomic E-state index is 13.8. The number of hydrogen-bond donors (Lipinski definition) is 4. The van der Waals surface area contributed by atoms with Crippen LogP contribution in [0.1, 0.15) is 40.7 Å². The average Bonchev–Trinajstić information content (AvgIpc) is 2.93. The van der Waals surface area contributed by atoms with Gasteiger partial charge < -0.3 is 25.6 Å². The lowest BCUT2D eigenvalue weighted by molar-refractivity contribution is -0.142. The Balaban J connectivity index is 1.80. The zero-order chi connectivity index (χ0) is 28.2. The van der Waals surface area contributed by atoms with E-state index in [4.69, 9.17) is 0 Å². The van der Waals surface area contributed by atoms with Crippen LogP contribution >= 0.6 is 0 Å². The fraction of sp³-hybridized carbons (Fsp3) is 0.300. The quantitative estimate of drug-likeness (QED) is 0.249. The molecule has 206 valence electrons. The Morgan fingerprint density at radius 2 is 1.49 bits per heavy atom. The molecule has 3 atom stereocenters. The highest BCUT2D eigenvalue weighted by Gasteiger charge is 2.27. The van der Waals surface area contributed by atoms with Crippen LogP contribution in [0.2, 0.25) is 0 Å². The van der Waals surface area contributed by atoms with Crippen LogP contribution in [0.25, 0.3) is 0 Å². The molecule has 3 aromatic rings. The molecule has 0 aliphatic rings. The van der Waals surface area contributed by atoms with Gasteiger partial charge in [-0.15, -0.1) is 0 Å². The maximum Gasteiger partial charge on any atom is 0.306 e. The van der Waals surface area contributed by atoms with Crippen molar-refractivity contribution in [3.05, 3.63) is 101 Å². The molecule has 0 saturated heterocycles. The summed E-state index contributed by atoms with van der Waals surface area (Å²) in [5.41, 5.74) is 1.51. The van der Waals surface area contributed by atoms with Gasteiger partial charge in [-0.1, -0.05) is 60.7 Å². The summed E-state index contributed by atoms with van der Waals surface area (Å²) in [6.07, 6.45) is -0.550. The zero-order valence-electron chi connectivity index (χ0n) is 21.7. The highest BCUT2D eigenvalue weighted by atomic mass is 19.1. The number of ether oxygens (including phenoxy) is 1. The number of benzene rings is 3. The lowest BCUT2D eigenvalue weighted by Crippen LogP contribution is -2.48. The highest BCUT2D eigenvalue weighted by Crippen LogP contribution is 2.20. The van der Waals surface area contributed by atoms with Crippen LogP contribution in [0.4, 0.5) is 4.39 Å². The number of phenolic OH excluding ortho intramolecular Hbond substituents is 1. The van der Waals surface area contributed by atoms with Crippen molar-refractivity contribution in [3.8, 4) is 5.75 Å². The number of hydrogen-bond acceptors (Lipinski definition) is 6. The Morgan fingerprint density at radius 1 is 0.872 bits per heavy atom. The molecule has 0 unspecified atom stereocenters. The van der Waals surface area contributed by atoms with E-state index in [0.29, 0.717) is 6.42 Å². The normalized spacial score (nSPS) is 13.1. The van der Waals surface area contributed by atoms with Gasteiger partial charge in [0.05, 0.1) is 31.2 Å². The molecule has 3 rings (SSSR count). The molecular formula is C30H33FN2O6. The first-order chi connectivity index (χ1) is 18.7. The second-order valence-corrected chi connectivity index (χ2v) is 9.26. The smallest absolute Gasteiger partial charge is 0.306 e. The van der Waals surface area contributed by atoms with Gasteiger partial charge in [-0.25, -0.2) is 4.39 Å². The molecule has 0 radical (unpaired) electrons. The maximum atomic E-state index is 13.8. The summed E-state index contributed by atoms with van der Waals surface area (Å²) in [6.45, 7) is 0. The Labute approximate surface area is 226 Å². The van der Waals surface area contributed by atoms with Gasteiger partial charge in [0, 0.05) is 12.5 Å². The number of aromatic hydroxyl groups is 1. The second-order valence-electron chi connectivity index (χ2n) is 9.26. The van der Waals surface area contributed by atoms with Gasteiger partial charge in [-0.2, -0.15) is 0 Å². The van der Waals surface area contributed by atoms with Crippen molar-refractivity contribution in [2.45, 2.75) is 50.3 Å². The molecule has 0 spiro atoms. The van der Waals surface area contributed by atoms with Crippen molar-refractivity contribution >= 4 is 17.8 Å². The Hall–Kier alpha value is -4.24.